The van der Waals surface area contributed by atoms with E-state index in [2.05, 4.69) is 10.0 Å². The van der Waals surface area contributed by atoms with Gasteiger partial charge in [0.25, 0.3) is 0 Å². The average molecular weight is 306 g/mol. The smallest absolute Gasteiger partial charge is 0.244 e. The normalized spacial score (nSPS) is 14.4. The number of rotatable bonds is 4. The Kier molecular flexibility index (Phi) is 3.61. The van der Waals surface area contributed by atoms with Crippen LogP contribution < -0.4 is 10.0 Å². The summed E-state index contributed by atoms with van der Waals surface area (Å²) in [5.41, 5.74) is 3.48. The van der Waals surface area contributed by atoms with E-state index in [1.165, 1.54) is 11.1 Å². The van der Waals surface area contributed by atoms with E-state index in [0.29, 0.717) is 11.5 Å². The first kappa shape index (κ1) is 14.3. The predicted molar refractivity (Wildman–Crippen MR) is 79.2 cm³/mol. The average Bonchev–Trinajstić information content (AvgIpc) is 3.02. The molecule has 1 aromatic heterocycles. The Hall–Kier alpha value is -1.63. The minimum atomic E-state index is -3.54. The molecule has 0 saturated carbocycles. The first-order chi connectivity index (χ1) is 9.95. The van der Waals surface area contributed by atoms with Crippen molar-refractivity contribution in [2.45, 2.75) is 38.4 Å². The van der Waals surface area contributed by atoms with Crippen molar-refractivity contribution in [2.24, 2.45) is 0 Å². The third kappa shape index (κ3) is 2.88. The molecule has 1 aliphatic heterocycles. The van der Waals surface area contributed by atoms with Crippen LogP contribution in [0.3, 0.4) is 0 Å². The van der Waals surface area contributed by atoms with Gasteiger partial charge in [-0.25, -0.2) is 13.1 Å². The number of hydrogen-bond acceptors (Lipinski definition) is 4. The van der Waals surface area contributed by atoms with E-state index in [4.69, 9.17) is 4.42 Å². The van der Waals surface area contributed by atoms with Crippen molar-refractivity contribution in [1.82, 2.24) is 10.0 Å². The molecule has 0 unspecified atom stereocenters. The van der Waals surface area contributed by atoms with E-state index in [1.807, 2.05) is 18.2 Å². The molecular formula is C15H18N2O3S. The van der Waals surface area contributed by atoms with Crippen molar-refractivity contribution in [3.63, 3.8) is 0 Å². The lowest BCUT2D eigenvalue weighted by Gasteiger charge is -2.07. The SMILES string of the molecule is Cc1cc(S(=O)(=O)NCc2ccc3c(c2)CNC3)c(C)o1. The molecular weight excluding hydrogens is 288 g/mol. The van der Waals surface area contributed by atoms with E-state index in [1.54, 1.807) is 19.9 Å². The summed E-state index contributed by atoms with van der Waals surface area (Å²) in [6.07, 6.45) is 0. The molecule has 0 aliphatic carbocycles. The van der Waals surface area contributed by atoms with Gasteiger partial charge in [0.15, 0.2) is 0 Å². The van der Waals surface area contributed by atoms with Crippen molar-refractivity contribution in [3.8, 4) is 0 Å². The molecule has 0 fully saturated rings. The summed E-state index contributed by atoms with van der Waals surface area (Å²) < 4.78 is 32.5. The van der Waals surface area contributed by atoms with Gasteiger partial charge in [0.1, 0.15) is 16.4 Å². The van der Waals surface area contributed by atoms with Gasteiger partial charge >= 0.3 is 0 Å². The summed E-state index contributed by atoms with van der Waals surface area (Å²) in [7, 11) is -3.54. The van der Waals surface area contributed by atoms with Crippen molar-refractivity contribution in [3.05, 3.63) is 52.5 Å². The van der Waals surface area contributed by atoms with Crippen LogP contribution in [0.1, 0.15) is 28.2 Å². The van der Waals surface area contributed by atoms with Crippen LogP contribution in [-0.2, 0) is 29.7 Å². The first-order valence-electron chi connectivity index (χ1n) is 6.84. The minimum Gasteiger partial charge on any atom is -0.465 e. The van der Waals surface area contributed by atoms with Gasteiger partial charge < -0.3 is 9.73 Å². The van der Waals surface area contributed by atoms with E-state index in [9.17, 15) is 8.42 Å². The van der Waals surface area contributed by atoms with Crippen LogP contribution >= 0.6 is 0 Å². The van der Waals surface area contributed by atoms with Crippen LogP contribution in [0.15, 0.2) is 33.6 Å². The summed E-state index contributed by atoms with van der Waals surface area (Å²) in [6, 6.07) is 7.60. The van der Waals surface area contributed by atoms with E-state index in [-0.39, 0.29) is 11.4 Å². The molecule has 6 heteroatoms. The topological polar surface area (TPSA) is 71.3 Å². The minimum absolute atomic E-state index is 0.211. The Morgan fingerprint density at radius 3 is 2.67 bits per heavy atom. The third-order valence-electron chi connectivity index (χ3n) is 3.65. The quantitative estimate of drug-likeness (QED) is 0.906. The standard InChI is InChI=1S/C15H18N2O3S/c1-10-5-15(11(2)20-10)21(18,19)17-7-12-3-4-13-8-16-9-14(13)6-12/h3-6,16-17H,7-9H2,1-2H3. The number of sulfonamides is 1. The highest BCUT2D eigenvalue weighted by molar-refractivity contribution is 7.89. The van der Waals surface area contributed by atoms with E-state index < -0.39 is 10.0 Å². The molecule has 0 amide bonds. The molecule has 1 aliphatic rings. The molecule has 5 nitrogen and oxygen atoms in total. The number of furan rings is 1. The van der Waals surface area contributed by atoms with Gasteiger partial charge in [-0.15, -0.1) is 0 Å². The van der Waals surface area contributed by atoms with Gasteiger partial charge in [-0.3, -0.25) is 0 Å². The van der Waals surface area contributed by atoms with Crippen LogP contribution in [0.25, 0.3) is 0 Å². The van der Waals surface area contributed by atoms with E-state index >= 15 is 0 Å². The molecule has 0 bridgehead atoms. The molecule has 0 atom stereocenters. The zero-order chi connectivity index (χ0) is 15.0. The molecule has 2 aromatic rings. The fraction of sp³-hybridized carbons (Fsp3) is 0.333. The number of hydrogen-bond donors (Lipinski definition) is 2. The van der Waals surface area contributed by atoms with E-state index in [0.717, 1.165) is 18.7 Å². The third-order valence-corrected chi connectivity index (χ3v) is 5.16. The molecule has 0 spiro atoms. The number of nitrogens with one attached hydrogen (secondary N) is 2. The molecule has 21 heavy (non-hydrogen) atoms. The predicted octanol–water partition coefficient (Wildman–Crippen LogP) is 1.98. The van der Waals surface area contributed by atoms with Crippen molar-refractivity contribution in [1.29, 1.82) is 0 Å². The van der Waals surface area contributed by atoms with Gasteiger partial charge in [-0.05, 0) is 36.6 Å². The Morgan fingerprint density at radius 1 is 1.19 bits per heavy atom. The zero-order valence-corrected chi connectivity index (χ0v) is 12.9. The van der Waals surface area contributed by atoms with Gasteiger partial charge in [0.2, 0.25) is 10.0 Å². The lowest BCUT2D eigenvalue weighted by atomic mass is 10.1. The summed E-state index contributed by atoms with van der Waals surface area (Å²) in [5, 5.41) is 3.27. The maximum atomic E-state index is 12.3. The van der Waals surface area contributed by atoms with Crippen molar-refractivity contribution >= 4 is 10.0 Å². The molecule has 0 radical (unpaired) electrons. The lowest BCUT2D eigenvalue weighted by molar-refractivity contribution is 0.495. The molecule has 2 heterocycles. The van der Waals surface area contributed by atoms with Crippen LogP contribution in [-0.4, -0.2) is 8.42 Å². The number of aryl methyl sites for hydroxylation is 2. The van der Waals surface area contributed by atoms with Crippen molar-refractivity contribution < 1.29 is 12.8 Å². The lowest BCUT2D eigenvalue weighted by Crippen LogP contribution is -2.23. The molecule has 112 valence electrons. The molecule has 3 rings (SSSR count). The second kappa shape index (κ2) is 5.29. The van der Waals surface area contributed by atoms with Crippen molar-refractivity contribution in [2.75, 3.05) is 0 Å². The molecule has 1 aromatic carbocycles. The van der Waals surface area contributed by atoms with Gasteiger partial charge in [0, 0.05) is 19.6 Å². The summed E-state index contributed by atoms with van der Waals surface area (Å²) in [5.74, 6) is 1.01. The highest BCUT2D eigenvalue weighted by Crippen LogP contribution is 2.20. The Bertz CT molecular complexity index is 778. The largest absolute Gasteiger partial charge is 0.465 e. The highest BCUT2D eigenvalue weighted by Gasteiger charge is 2.20. The van der Waals surface area contributed by atoms with Crippen LogP contribution in [0, 0.1) is 13.8 Å². The zero-order valence-electron chi connectivity index (χ0n) is 12.1. The summed E-state index contributed by atoms with van der Waals surface area (Å²) >= 11 is 0. The maximum absolute atomic E-state index is 12.3. The monoisotopic (exact) mass is 306 g/mol. The number of fused-ring (bicyclic) bond motifs is 1. The fourth-order valence-electron chi connectivity index (χ4n) is 2.59. The van der Waals surface area contributed by atoms with Gasteiger partial charge in [0.05, 0.1) is 0 Å². The Labute approximate surface area is 124 Å². The van der Waals surface area contributed by atoms with Gasteiger partial charge in [-0.2, -0.15) is 0 Å². The van der Waals surface area contributed by atoms with Crippen LogP contribution in [0.2, 0.25) is 0 Å². The Morgan fingerprint density at radius 2 is 1.95 bits per heavy atom. The number of benzene rings is 1. The highest BCUT2D eigenvalue weighted by atomic mass is 32.2. The fourth-order valence-corrected chi connectivity index (χ4v) is 3.84. The van der Waals surface area contributed by atoms with Crippen LogP contribution in [0.5, 0.6) is 0 Å². The second-order valence-electron chi connectivity index (χ2n) is 5.31. The summed E-state index contributed by atoms with van der Waals surface area (Å²) in [4.78, 5) is 0.211. The molecule has 2 N–H and O–H groups in total. The van der Waals surface area contributed by atoms with Gasteiger partial charge in [-0.1, -0.05) is 18.2 Å². The van der Waals surface area contributed by atoms with Crippen LogP contribution in [0.4, 0.5) is 0 Å². The molecule has 0 saturated heterocycles. The first-order valence-corrected chi connectivity index (χ1v) is 8.32. The second-order valence-corrected chi connectivity index (χ2v) is 7.04. The summed E-state index contributed by atoms with van der Waals surface area (Å²) in [6.45, 7) is 5.40. The Balaban J connectivity index is 1.76. The maximum Gasteiger partial charge on any atom is 0.244 e.